The summed E-state index contributed by atoms with van der Waals surface area (Å²) in [6, 6.07) is 0. The van der Waals surface area contributed by atoms with Gasteiger partial charge in [0.25, 0.3) is 0 Å². The number of allylic oxidation sites excluding steroid dienone is 22. The third-order valence-corrected chi connectivity index (χ3v) is 14.1. The Morgan fingerprint density at radius 1 is 0.259 bits per heavy atom. The molecule has 0 aliphatic carbocycles. The molecule has 1 atom stereocenters. The highest BCUT2D eigenvalue weighted by Crippen LogP contribution is 2.16. The molecular weight excluding hydrogens is 997 g/mol. The van der Waals surface area contributed by atoms with E-state index in [9.17, 15) is 14.4 Å². The standard InChI is InChI=1S/C75H124O6/c1-4-7-10-13-16-19-22-25-28-30-32-33-34-35-36-37-38-39-40-41-43-44-47-50-53-56-59-62-65-68-74(77)80-71-72(70-79-73(76)67-64-61-58-55-52-49-46-27-24-21-18-15-12-9-6-3)81-75(78)69-66-63-60-57-54-51-48-45-42-31-29-26-23-20-17-14-11-8-5-2/h7,9-10,12,16,18-19,21,25-29,32-33,35-36,38-39,41,43,46,72H,4-6,8,11,13-15,17,20,22-24,30-31,34,37,40,42,44-45,47-71H2,1-3H3/b10-7-,12-9-,19-16-,21-18-,28-25-,29-26-,33-32-,36-35-,39-38-,43-41-,46-27-. The molecule has 0 fully saturated rings. The summed E-state index contributed by atoms with van der Waals surface area (Å²) in [7, 11) is 0. The fraction of sp³-hybridized carbons (Fsp3) is 0.667. The minimum Gasteiger partial charge on any atom is -0.462 e. The Kier molecular flexibility index (Phi) is 64.3. The molecule has 0 saturated carbocycles. The van der Waals surface area contributed by atoms with E-state index in [2.05, 4.69) is 154 Å². The molecule has 0 saturated heterocycles. The highest BCUT2D eigenvalue weighted by atomic mass is 16.6. The first-order valence-electron chi connectivity index (χ1n) is 33.7. The molecule has 0 rings (SSSR count). The van der Waals surface area contributed by atoms with Crippen LogP contribution in [-0.2, 0) is 28.6 Å². The fourth-order valence-corrected chi connectivity index (χ4v) is 9.14. The lowest BCUT2D eigenvalue weighted by atomic mass is 10.1. The van der Waals surface area contributed by atoms with E-state index in [1.54, 1.807) is 0 Å². The zero-order valence-corrected chi connectivity index (χ0v) is 52.8. The van der Waals surface area contributed by atoms with Gasteiger partial charge in [0, 0.05) is 19.3 Å². The molecule has 0 amide bonds. The normalized spacial score (nSPS) is 13.0. The summed E-state index contributed by atoms with van der Waals surface area (Å²) < 4.78 is 16.9. The van der Waals surface area contributed by atoms with Gasteiger partial charge in [0.05, 0.1) is 0 Å². The molecule has 0 N–H and O–H groups in total. The van der Waals surface area contributed by atoms with Gasteiger partial charge in [-0.15, -0.1) is 0 Å². The molecule has 0 heterocycles. The summed E-state index contributed by atoms with van der Waals surface area (Å²) in [6.45, 7) is 6.40. The van der Waals surface area contributed by atoms with Crippen LogP contribution in [0.5, 0.6) is 0 Å². The van der Waals surface area contributed by atoms with E-state index in [4.69, 9.17) is 14.2 Å². The van der Waals surface area contributed by atoms with Crippen LogP contribution in [0, 0.1) is 0 Å². The van der Waals surface area contributed by atoms with E-state index >= 15 is 0 Å². The predicted molar refractivity (Wildman–Crippen MR) is 353 cm³/mol. The third kappa shape index (κ3) is 66.2. The molecule has 460 valence electrons. The van der Waals surface area contributed by atoms with E-state index in [-0.39, 0.29) is 31.1 Å². The van der Waals surface area contributed by atoms with Crippen LogP contribution in [-0.4, -0.2) is 37.2 Å². The Morgan fingerprint density at radius 2 is 0.481 bits per heavy atom. The van der Waals surface area contributed by atoms with Crippen molar-refractivity contribution in [2.45, 2.75) is 309 Å². The number of unbranched alkanes of at least 4 members (excludes halogenated alkanes) is 27. The second-order valence-electron chi connectivity index (χ2n) is 22.0. The minimum absolute atomic E-state index is 0.0930. The first-order valence-corrected chi connectivity index (χ1v) is 33.7. The van der Waals surface area contributed by atoms with Crippen LogP contribution >= 0.6 is 0 Å². The van der Waals surface area contributed by atoms with Crippen molar-refractivity contribution < 1.29 is 28.6 Å². The van der Waals surface area contributed by atoms with E-state index in [1.807, 2.05) is 0 Å². The summed E-state index contributed by atoms with van der Waals surface area (Å²) in [5.41, 5.74) is 0. The Bertz CT molecular complexity index is 1720. The Balaban J connectivity index is 4.38. The second kappa shape index (κ2) is 68.1. The summed E-state index contributed by atoms with van der Waals surface area (Å²) >= 11 is 0. The number of hydrogen-bond acceptors (Lipinski definition) is 6. The number of esters is 3. The van der Waals surface area contributed by atoms with E-state index in [1.165, 1.54) is 116 Å². The SMILES string of the molecule is CC/C=C\C/C=C\C/C=C\C/C=C\C/C=C\C/C=C\C/C=C\CCCCCCCCCC(=O)OCC(COC(=O)CCCCCCC/C=C\C/C=C\C/C=C\CC)OC(=O)CCCCCCCCCCC/C=C\CCCCCCCC. The van der Waals surface area contributed by atoms with Crippen molar-refractivity contribution in [3.8, 4) is 0 Å². The average molecular weight is 1120 g/mol. The molecule has 81 heavy (non-hydrogen) atoms. The van der Waals surface area contributed by atoms with Gasteiger partial charge in [-0.05, 0) is 135 Å². The maximum absolute atomic E-state index is 12.9. The maximum atomic E-state index is 12.9. The summed E-state index contributed by atoms with van der Waals surface area (Å²) in [6.07, 6.45) is 96.0. The molecule has 0 aromatic heterocycles. The van der Waals surface area contributed by atoms with Crippen molar-refractivity contribution in [2.75, 3.05) is 13.2 Å². The van der Waals surface area contributed by atoms with Gasteiger partial charge in [-0.1, -0.05) is 283 Å². The van der Waals surface area contributed by atoms with E-state index in [0.29, 0.717) is 19.3 Å². The first-order chi connectivity index (χ1) is 40.0. The van der Waals surface area contributed by atoms with Crippen molar-refractivity contribution >= 4 is 17.9 Å². The molecule has 6 nitrogen and oxygen atoms in total. The van der Waals surface area contributed by atoms with Gasteiger partial charge in [0.1, 0.15) is 13.2 Å². The van der Waals surface area contributed by atoms with Crippen molar-refractivity contribution in [1.82, 2.24) is 0 Å². The lowest BCUT2D eigenvalue weighted by Gasteiger charge is -2.18. The zero-order chi connectivity index (χ0) is 58.5. The van der Waals surface area contributed by atoms with Crippen LogP contribution in [0.15, 0.2) is 134 Å². The van der Waals surface area contributed by atoms with Crippen LogP contribution in [0.1, 0.15) is 303 Å². The molecule has 0 aliphatic rings. The first kappa shape index (κ1) is 76.5. The summed E-state index contributed by atoms with van der Waals surface area (Å²) in [5.74, 6) is -0.916. The summed E-state index contributed by atoms with van der Waals surface area (Å²) in [4.78, 5) is 38.4. The van der Waals surface area contributed by atoms with Gasteiger partial charge in [0.2, 0.25) is 0 Å². The Hall–Kier alpha value is -4.45. The number of carbonyl (C=O) groups is 3. The Morgan fingerprint density at radius 3 is 0.765 bits per heavy atom. The molecule has 0 bridgehead atoms. The number of ether oxygens (including phenoxy) is 3. The average Bonchev–Trinajstić information content (AvgIpc) is 3.47. The molecule has 0 aromatic carbocycles. The fourth-order valence-electron chi connectivity index (χ4n) is 9.14. The van der Waals surface area contributed by atoms with Gasteiger partial charge < -0.3 is 14.2 Å². The van der Waals surface area contributed by atoms with Crippen LogP contribution in [0.2, 0.25) is 0 Å². The molecule has 0 aromatic rings. The van der Waals surface area contributed by atoms with Crippen molar-refractivity contribution in [3.63, 3.8) is 0 Å². The van der Waals surface area contributed by atoms with Crippen LogP contribution in [0.4, 0.5) is 0 Å². The van der Waals surface area contributed by atoms with Crippen molar-refractivity contribution in [1.29, 1.82) is 0 Å². The Labute approximate surface area is 500 Å². The molecule has 6 heteroatoms. The van der Waals surface area contributed by atoms with E-state index < -0.39 is 6.10 Å². The molecule has 1 unspecified atom stereocenters. The molecule has 0 spiro atoms. The maximum Gasteiger partial charge on any atom is 0.306 e. The minimum atomic E-state index is -0.797. The van der Waals surface area contributed by atoms with Gasteiger partial charge >= 0.3 is 17.9 Å². The van der Waals surface area contributed by atoms with Gasteiger partial charge in [-0.25, -0.2) is 0 Å². The van der Waals surface area contributed by atoms with Crippen molar-refractivity contribution in [3.05, 3.63) is 134 Å². The lowest BCUT2D eigenvalue weighted by molar-refractivity contribution is -0.167. The zero-order valence-electron chi connectivity index (χ0n) is 52.8. The predicted octanol–water partition coefficient (Wildman–Crippen LogP) is 23.3. The number of rotatable bonds is 60. The molecule has 0 aliphatic heterocycles. The highest BCUT2D eigenvalue weighted by molar-refractivity contribution is 5.71. The monoisotopic (exact) mass is 1120 g/mol. The van der Waals surface area contributed by atoms with E-state index in [0.717, 1.165) is 148 Å². The molecule has 0 radical (unpaired) electrons. The van der Waals surface area contributed by atoms with Crippen LogP contribution < -0.4 is 0 Å². The van der Waals surface area contributed by atoms with Gasteiger partial charge in [0.15, 0.2) is 6.10 Å². The number of hydrogen-bond donors (Lipinski definition) is 0. The lowest BCUT2D eigenvalue weighted by Crippen LogP contribution is -2.30. The van der Waals surface area contributed by atoms with Crippen LogP contribution in [0.25, 0.3) is 0 Å². The van der Waals surface area contributed by atoms with Gasteiger partial charge in [-0.2, -0.15) is 0 Å². The quantitative estimate of drug-likeness (QED) is 0.0261. The van der Waals surface area contributed by atoms with Crippen LogP contribution in [0.3, 0.4) is 0 Å². The van der Waals surface area contributed by atoms with Gasteiger partial charge in [-0.3, -0.25) is 14.4 Å². The third-order valence-electron chi connectivity index (χ3n) is 14.1. The second-order valence-corrected chi connectivity index (χ2v) is 22.0. The van der Waals surface area contributed by atoms with Crippen molar-refractivity contribution in [2.24, 2.45) is 0 Å². The smallest absolute Gasteiger partial charge is 0.306 e. The topological polar surface area (TPSA) is 78.9 Å². The number of carbonyl (C=O) groups excluding carboxylic acids is 3. The summed E-state index contributed by atoms with van der Waals surface area (Å²) in [5, 5.41) is 0. The largest absolute Gasteiger partial charge is 0.462 e. The highest BCUT2D eigenvalue weighted by Gasteiger charge is 2.19. The molecular formula is C75H124O6.